The molecule has 0 saturated heterocycles. The number of likely N-dealkylation sites (N-methyl/N-ethyl adjacent to an activating group) is 1. The van der Waals surface area contributed by atoms with E-state index in [1.54, 1.807) is 0 Å². The van der Waals surface area contributed by atoms with E-state index in [0.29, 0.717) is 12.2 Å². The van der Waals surface area contributed by atoms with Gasteiger partial charge in [0.15, 0.2) is 0 Å². The van der Waals surface area contributed by atoms with Crippen molar-refractivity contribution in [2.75, 3.05) is 33.9 Å². The second-order valence-electron chi connectivity index (χ2n) is 4.48. The molecule has 1 rings (SSSR count). The van der Waals surface area contributed by atoms with E-state index in [1.807, 2.05) is 0 Å². The summed E-state index contributed by atoms with van der Waals surface area (Å²) >= 11 is 5.92. The van der Waals surface area contributed by atoms with Gasteiger partial charge in [-0.1, -0.05) is 11.6 Å². The molecule has 0 atom stereocenters. The molecular formula is C13H19ClN2O5S. The molecule has 0 unspecified atom stereocenters. The molecule has 0 saturated carbocycles. The van der Waals surface area contributed by atoms with Crippen LogP contribution in [0.4, 0.5) is 0 Å². The van der Waals surface area contributed by atoms with Gasteiger partial charge in [-0.15, -0.1) is 0 Å². The van der Waals surface area contributed by atoms with Crippen LogP contribution in [0.5, 0.6) is 5.75 Å². The third-order valence-electron chi connectivity index (χ3n) is 2.85. The average Bonchev–Trinajstić information content (AvgIpc) is 2.47. The van der Waals surface area contributed by atoms with Gasteiger partial charge >= 0.3 is 0 Å². The van der Waals surface area contributed by atoms with Crippen LogP contribution in [0.2, 0.25) is 5.02 Å². The first-order valence-corrected chi connectivity index (χ1v) is 8.32. The minimum absolute atomic E-state index is 0.0241. The molecule has 22 heavy (non-hydrogen) atoms. The zero-order valence-corrected chi connectivity index (χ0v) is 13.9. The molecule has 0 radical (unpaired) electrons. The second-order valence-corrected chi connectivity index (χ2v) is 6.94. The highest BCUT2D eigenvalue weighted by Crippen LogP contribution is 2.27. The van der Waals surface area contributed by atoms with Crippen LogP contribution in [0.15, 0.2) is 23.1 Å². The monoisotopic (exact) mass is 350 g/mol. The normalized spacial score (nSPS) is 11.5. The number of nitrogens with zero attached hydrogens (tertiary/aromatic N) is 1. The SMILES string of the molecule is COc1ccc(S(=O)(=O)N(C)CC(=O)NCCCO)cc1Cl. The smallest absolute Gasteiger partial charge is 0.243 e. The van der Waals surface area contributed by atoms with Crippen LogP contribution in [-0.4, -0.2) is 57.6 Å². The van der Waals surface area contributed by atoms with Gasteiger partial charge in [-0.25, -0.2) is 8.42 Å². The molecule has 124 valence electrons. The van der Waals surface area contributed by atoms with Gasteiger partial charge < -0.3 is 15.2 Å². The summed E-state index contributed by atoms with van der Waals surface area (Å²) in [5.41, 5.74) is 0. The number of aliphatic hydroxyl groups is 1. The van der Waals surface area contributed by atoms with Crippen LogP contribution < -0.4 is 10.1 Å². The van der Waals surface area contributed by atoms with Gasteiger partial charge in [-0.05, 0) is 24.6 Å². The first kappa shape index (κ1) is 18.7. The zero-order valence-electron chi connectivity index (χ0n) is 12.4. The number of aliphatic hydroxyl groups excluding tert-OH is 1. The van der Waals surface area contributed by atoms with Gasteiger partial charge in [-0.3, -0.25) is 4.79 Å². The Balaban J connectivity index is 2.80. The average molecular weight is 351 g/mol. The van der Waals surface area contributed by atoms with E-state index < -0.39 is 15.9 Å². The lowest BCUT2D eigenvalue weighted by molar-refractivity contribution is -0.121. The van der Waals surface area contributed by atoms with E-state index in [2.05, 4.69) is 5.32 Å². The van der Waals surface area contributed by atoms with Crippen molar-refractivity contribution >= 4 is 27.5 Å². The molecule has 0 heterocycles. The van der Waals surface area contributed by atoms with Gasteiger partial charge in [0.1, 0.15) is 5.75 Å². The van der Waals surface area contributed by atoms with Crippen LogP contribution in [0, 0.1) is 0 Å². The van der Waals surface area contributed by atoms with Crippen molar-refractivity contribution in [3.8, 4) is 5.75 Å². The molecule has 0 spiro atoms. The number of ether oxygens (including phenoxy) is 1. The molecule has 0 aliphatic carbocycles. The second kappa shape index (κ2) is 8.33. The third kappa shape index (κ3) is 4.84. The Morgan fingerprint density at radius 1 is 1.45 bits per heavy atom. The van der Waals surface area contributed by atoms with Gasteiger partial charge in [0.05, 0.1) is 23.6 Å². The van der Waals surface area contributed by atoms with Crippen LogP contribution in [0.1, 0.15) is 6.42 Å². The number of nitrogens with one attached hydrogen (secondary N) is 1. The fourth-order valence-corrected chi connectivity index (χ4v) is 3.11. The number of carbonyl (C=O) groups excluding carboxylic acids is 1. The lowest BCUT2D eigenvalue weighted by Crippen LogP contribution is -2.38. The molecule has 0 aliphatic heterocycles. The standard InChI is InChI=1S/C13H19ClN2O5S/c1-16(9-13(18)15-6-3-7-17)22(19,20)10-4-5-12(21-2)11(14)8-10/h4-5,8,17H,3,6-7,9H2,1-2H3,(H,15,18). The minimum atomic E-state index is -3.83. The Bertz CT molecular complexity index is 621. The molecule has 0 aliphatic rings. The van der Waals surface area contributed by atoms with Crippen molar-refractivity contribution in [2.24, 2.45) is 0 Å². The summed E-state index contributed by atoms with van der Waals surface area (Å²) < 4.78 is 30.6. The van der Waals surface area contributed by atoms with Crippen molar-refractivity contribution in [2.45, 2.75) is 11.3 Å². The molecule has 1 aromatic rings. The first-order chi connectivity index (χ1) is 10.3. The minimum Gasteiger partial charge on any atom is -0.495 e. The molecule has 1 aromatic carbocycles. The highest BCUT2D eigenvalue weighted by Gasteiger charge is 2.23. The summed E-state index contributed by atoms with van der Waals surface area (Å²) in [4.78, 5) is 11.6. The summed E-state index contributed by atoms with van der Waals surface area (Å²) in [5, 5.41) is 11.3. The summed E-state index contributed by atoms with van der Waals surface area (Å²) in [6.07, 6.45) is 0.413. The van der Waals surface area contributed by atoms with Crippen LogP contribution in [0.25, 0.3) is 0 Å². The fraction of sp³-hybridized carbons (Fsp3) is 0.462. The molecule has 0 fully saturated rings. The number of methoxy groups -OCH3 is 1. The number of hydrogen-bond donors (Lipinski definition) is 2. The topological polar surface area (TPSA) is 95.9 Å². The number of halogens is 1. The highest BCUT2D eigenvalue weighted by molar-refractivity contribution is 7.89. The largest absolute Gasteiger partial charge is 0.495 e. The number of carbonyl (C=O) groups is 1. The number of hydrogen-bond acceptors (Lipinski definition) is 5. The van der Waals surface area contributed by atoms with Crippen LogP contribution in [0.3, 0.4) is 0 Å². The molecule has 9 heteroatoms. The Morgan fingerprint density at radius 2 is 2.14 bits per heavy atom. The maximum absolute atomic E-state index is 12.4. The Labute approximate surface area is 134 Å². The van der Waals surface area contributed by atoms with Crippen LogP contribution in [-0.2, 0) is 14.8 Å². The van der Waals surface area contributed by atoms with E-state index in [-0.39, 0.29) is 29.6 Å². The Kier molecular flexibility index (Phi) is 7.08. The van der Waals surface area contributed by atoms with E-state index in [1.165, 1.54) is 32.4 Å². The molecule has 0 bridgehead atoms. The number of benzene rings is 1. The Hall–Kier alpha value is -1.35. The summed E-state index contributed by atoms with van der Waals surface area (Å²) in [5.74, 6) is -0.0795. The molecule has 0 aromatic heterocycles. The summed E-state index contributed by atoms with van der Waals surface area (Å²) in [6.45, 7) is -0.0756. The lowest BCUT2D eigenvalue weighted by Gasteiger charge is -2.17. The van der Waals surface area contributed by atoms with Crippen molar-refractivity contribution in [3.05, 3.63) is 23.2 Å². The van der Waals surface area contributed by atoms with Crippen molar-refractivity contribution in [1.29, 1.82) is 0 Å². The molecule has 7 nitrogen and oxygen atoms in total. The number of sulfonamides is 1. The Morgan fingerprint density at radius 3 is 2.68 bits per heavy atom. The van der Waals surface area contributed by atoms with Crippen molar-refractivity contribution in [1.82, 2.24) is 9.62 Å². The van der Waals surface area contributed by atoms with Crippen LogP contribution >= 0.6 is 11.6 Å². The van der Waals surface area contributed by atoms with Gasteiger partial charge in [0.2, 0.25) is 15.9 Å². The van der Waals surface area contributed by atoms with Gasteiger partial charge in [0, 0.05) is 20.2 Å². The third-order valence-corrected chi connectivity index (χ3v) is 4.95. The summed E-state index contributed by atoms with van der Waals surface area (Å²) in [7, 11) is -1.10. The molecule has 2 N–H and O–H groups in total. The van der Waals surface area contributed by atoms with E-state index in [4.69, 9.17) is 21.4 Å². The van der Waals surface area contributed by atoms with E-state index in [0.717, 1.165) is 4.31 Å². The maximum Gasteiger partial charge on any atom is 0.243 e. The molecule has 1 amide bonds. The zero-order chi connectivity index (χ0) is 16.8. The van der Waals surface area contributed by atoms with Crippen molar-refractivity contribution in [3.63, 3.8) is 0 Å². The maximum atomic E-state index is 12.4. The van der Waals surface area contributed by atoms with Crippen molar-refractivity contribution < 1.29 is 23.1 Å². The lowest BCUT2D eigenvalue weighted by atomic mass is 10.3. The predicted octanol–water partition coefficient (Wildman–Crippen LogP) is 0.468. The predicted molar refractivity (Wildman–Crippen MR) is 82.5 cm³/mol. The van der Waals surface area contributed by atoms with Gasteiger partial charge in [0.25, 0.3) is 0 Å². The van der Waals surface area contributed by atoms with E-state index >= 15 is 0 Å². The quantitative estimate of drug-likeness (QED) is 0.664. The van der Waals surface area contributed by atoms with E-state index in [9.17, 15) is 13.2 Å². The highest BCUT2D eigenvalue weighted by atomic mass is 35.5. The fourth-order valence-electron chi connectivity index (χ4n) is 1.64. The summed E-state index contributed by atoms with van der Waals surface area (Å²) in [6, 6.07) is 4.08. The van der Waals surface area contributed by atoms with Gasteiger partial charge in [-0.2, -0.15) is 4.31 Å². The number of amides is 1. The molecular weight excluding hydrogens is 332 g/mol. The first-order valence-electron chi connectivity index (χ1n) is 6.50. The number of rotatable bonds is 8.